The minimum atomic E-state index is 0.552. The van der Waals surface area contributed by atoms with Crippen molar-refractivity contribution >= 4 is 11.8 Å². The highest BCUT2D eigenvalue weighted by Gasteiger charge is 2.21. The molecule has 0 bridgehead atoms. The Bertz CT molecular complexity index is 601. The van der Waals surface area contributed by atoms with Crippen molar-refractivity contribution in [2.75, 3.05) is 5.75 Å². The second kappa shape index (κ2) is 5.62. The first-order chi connectivity index (χ1) is 9.74. The Hall–Kier alpha value is -1.26. The second-order valence-corrected chi connectivity index (χ2v) is 6.39. The standard InChI is InChI=1S/C16H21N3S/c1-3-11(2)12-4-6-13(7-5-12)15-14(10-17)19-8-9-20-16(19)18-15/h4-7,11H,3,8-10,17H2,1-2H3. The highest BCUT2D eigenvalue weighted by atomic mass is 32.2. The maximum atomic E-state index is 5.94. The maximum Gasteiger partial charge on any atom is 0.168 e. The molecule has 1 aliphatic rings. The van der Waals surface area contributed by atoms with Crippen LogP contribution in [0.25, 0.3) is 11.3 Å². The Balaban J connectivity index is 1.97. The summed E-state index contributed by atoms with van der Waals surface area (Å²) >= 11 is 1.82. The summed E-state index contributed by atoms with van der Waals surface area (Å²) in [6, 6.07) is 8.82. The normalized spacial score (nSPS) is 15.3. The SMILES string of the molecule is CCC(C)c1ccc(-c2nc3n(c2CN)CCS3)cc1. The van der Waals surface area contributed by atoms with Gasteiger partial charge in [-0.15, -0.1) is 0 Å². The van der Waals surface area contributed by atoms with Gasteiger partial charge in [0, 0.05) is 24.4 Å². The summed E-state index contributed by atoms with van der Waals surface area (Å²) in [5.74, 6) is 1.73. The van der Waals surface area contributed by atoms with Crippen LogP contribution in [0.15, 0.2) is 29.4 Å². The number of rotatable bonds is 4. The van der Waals surface area contributed by atoms with Crippen LogP contribution in [0.3, 0.4) is 0 Å². The molecule has 1 aromatic heterocycles. The molecule has 0 saturated carbocycles. The van der Waals surface area contributed by atoms with Crippen molar-refractivity contribution in [1.29, 1.82) is 0 Å². The van der Waals surface area contributed by atoms with Crippen LogP contribution in [0.5, 0.6) is 0 Å². The lowest BCUT2D eigenvalue weighted by Crippen LogP contribution is -2.07. The second-order valence-electron chi connectivity index (χ2n) is 5.33. The Morgan fingerprint density at radius 3 is 2.75 bits per heavy atom. The molecule has 2 heterocycles. The number of thioether (sulfide) groups is 1. The largest absolute Gasteiger partial charge is 0.325 e. The lowest BCUT2D eigenvalue weighted by atomic mass is 9.97. The smallest absolute Gasteiger partial charge is 0.168 e. The third-order valence-electron chi connectivity index (χ3n) is 4.14. The lowest BCUT2D eigenvalue weighted by Gasteiger charge is -2.10. The van der Waals surface area contributed by atoms with Crippen LogP contribution in [0.4, 0.5) is 0 Å². The monoisotopic (exact) mass is 287 g/mol. The van der Waals surface area contributed by atoms with E-state index in [0.29, 0.717) is 12.5 Å². The number of fused-ring (bicyclic) bond motifs is 1. The molecule has 106 valence electrons. The Morgan fingerprint density at radius 2 is 2.10 bits per heavy atom. The molecule has 0 amide bonds. The van der Waals surface area contributed by atoms with E-state index in [2.05, 4.69) is 42.7 Å². The molecule has 0 saturated heterocycles. The molecule has 1 atom stereocenters. The number of nitrogens with two attached hydrogens (primary N) is 1. The fraction of sp³-hybridized carbons (Fsp3) is 0.438. The molecular formula is C16H21N3S. The highest BCUT2D eigenvalue weighted by Crippen LogP contribution is 2.33. The summed E-state index contributed by atoms with van der Waals surface area (Å²) in [5.41, 5.74) is 10.7. The molecule has 3 rings (SSSR count). The zero-order valence-electron chi connectivity index (χ0n) is 12.1. The molecule has 2 aromatic rings. The molecule has 4 heteroatoms. The average Bonchev–Trinajstić information content (AvgIpc) is 3.06. The van der Waals surface area contributed by atoms with E-state index < -0.39 is 0 Å². The topological polar surface area (TPSA) is 43.8 Å². The zero-order chi connectivity index (χ0) is 14.1. The van der Waals surface area contributed by atoms with Gasteiger partial charge in [0.1, 0.15) is 0 Å². The van der Waals surface area contributed by atoms with E-state index in [-0.39, 0.29) is 0 Å². The van der Waals surface area contributed by atoms with Crippen LogP contribution in [-0.4, -0.2) is 15.3 Å². The van der Waals surface area contributed by atoms with Crippen molar-refractivity contribution in [2.24, 2.45) is 5.73 Å². The van der Waals surface area contributed by atoms with Gasteiger partial charge < -0.3 is 10.3 Å². The van der Waals surface area contributed by atoms with E-state index >= 15 is 0 Å². The van der Waals surface area contributed by atoms with Gasteiger partial charge in [-0.25, -0.2) is 4.98 Å². The fourth-order valence-electron chi connectivity index (χ4n) is 2.68. The van der Waals surface area contributed by atoms with Gasteiger partial charge >= 0.3 is 0 Å². The first-order valence-electron chi connectivity index (χ1n) is 7.27. The van der Waals surface area contributed by atoms with Gasteiger partial charge in [0.25, 0.3) is 0 Å². The lowest BCUT2D eigenvalue weighted by molar-refractivity contribution is 0.678. The minimum absolute atomic E-state index is 0.552. The van der Waals surface area contributed by atoms with Gasteiger partial charge in [-0.1, -0.05) is 49.9 Å². The van der Waals surface area contributed by atoms with E-state index in [9.17, 15) is 0 Å². The molecule has 1 aliphatic heterocycles. The molecular weight excluding hydrogens is 266 g/mol. The van der Waals surface area contributed by atoms with Crippen LogP contribution in [0.1, 0.15) is 37.4 Å². The Labute approximate surface area is 124 Å². The summed E-state index contributed by atoms with van der Waals surface area (Å²) in [7, 11) is 0. The molecule has 0 radical (unpaired) electrons. The number of hydrogen-bond donors (Lipinski definition) is 1. The molecule has 1 aromatic carbocycles. The molecule has 0 aliphatic carbocycles. The summed E-state index contributed by atoms with van der Waals surface area (Å²) in [4.78, 5) is 4.77. The maximum absolute atomic E-state index is 5.94. The van der Waals surface area contributed by atoms with Gasteiger partial charge in [-0.3, -0.25) is 0 Å². The average molecular weight is 287 g/mol. The third-order valence-corrected chi connectivity index (χ3v) is 5.10. The molecule has 2 N–H and O–H groups in total. The Morgan fingerprint density at radius 1 is 1.35 bits per heavy atom. The summed E-state index contributed by atoms with van der Waals surface area (Å²) < 4.78 is 2.27. The van der Waals surface area contributed by atoms with E-state index in [1.54, 1.807) is 0 Å². The van der Waals surface area contributed by atoms with Crippen molar-refractivity contribution in [3.63, 3.8) is 0 Å². The number of nitrogens with zero attached hydrogens (tertiary/aromatic N) is 2. The van der Waals surface area contributed by atoms with Crippen LogP contribution in [0.2, 0.25) is 0 Å². The number of imidazole rings is 1. The van der Waals surface area contributed by atoms with E-state index in [0.717, 1.165) is 23.1 Å². The van der Waals surface area contributed by atoms with Gasteiger partial charge in [0.15, 0.2) is 5.16 Å². The predicted octanol–water partition coefficient (Wildman–Crippen LogP) is 3.63. The van der Waals surface area contributed by atoms with Gasteiger partial charge in [-0.05, 0) is 17.9 Å². The number of hydrogen-bond acceptors (Lipinski definition) is 3. The summed E-state index contributed by atoms with van der Waals surface area (Å²) in [5, 5.41) is 1.12. The minimum Gasteiger partial charge on any atom is -0.325 e. The van der Waals surface area contributed by atoms with Crippen LogP contribution < -0.4 is 5.73 Å². The van der Waals surface area contributed by atoms with Gasteiger partial charge in [0.2, 0.25) is 0 Å². The van der Waals surface area contributed by atoms with Gasteiger partial charge in [-0.2, -0.15) is 0 Å². The highest BCUT2D eigenvalue weighted by molar-refractivity contribution is 7.99. The Kier molecular flexibility index (Phi) is 3.85. The molecule has 3 nitrogen and oxygen atoms in total. The zero-order valence-corrected chi connectivity index (χ0v) is 12.9. The first-order valence-corrected chi connectivity index (χ1v) is 8.25. The molecule has 0 fully saturated rings. The van der Waals surface area contributed by atoms with Crippen LogP contribution in [0, 0.1) is 0 Å². The van der Waals surface area contributed by atoms with Gasteiger partial charge in [0.05, 0.1) is 11.4 Å². The summed E-state index contributed by atoms with van der Waals surface area (Å²) in [6.07, 6.45) is 1.17. The van der Waals surface area contributed by atoms with Crippen molar-refractivity contribution in [3.05, 3.63) is 35.5 Å². The fourth-order valence-corrected chi connectivity index (χ4v) is 3.65. The number of aromatic nitrogens is 2. The van der Waals surface area contributed by atoms with Crippen molar-refractivity contribution in [2.45, 2.75) is 44.4 Å². The molecule has 0 spiro atoms. The van der Waals surface area contributed by atoms with Crippen LogP contribution >= 0.6 is 11.8 Å². The number of benzene rings is 1. The first kappa shape index (κ1) is 13.7. The van der Waals surface area contributed by atoms with E-state index in [1.165, 1.54) is 23.2 Å². The summed E-state index contributed by atoms with van der Waals surface area (Å²) in [6.45, 7) is 6.07. The third kappa shape index (κ3) is 2.27. The van der Waals surface area contributed by atoms with Crippen molar-refractivity contribution in [1.82, 2.24) is 9.55 Å². The van der Waals surface area contributed by atoms with E-state index in [4.69, 9.17) is 10.7 Å². The van der Waals surface area contributed by atoms with Crippen LogP contribution in [-0.2, 0) is 13.1 Å². The molecule has 20 heavy (non-hydrogen) atoms. The van der Waals surface area contributed by atoms with Crippen molar-refractivity contribution < 1.29 is 0 Å². The quantitative estimate of drug-likeness (QED) is 0.934. The molecule has 1 unspecified atom stereocenters. The van der Waals surface area contributed by atoms with E-state index in [1.807, 2.05) is 11.8 Å². The van der Waals surface area contributed by atoms with Crippen molar-refractivity contribution in [3.8, 4) is 11.3 Å². The predicted molar refractivity (Wildman–Crippen MR) is 85.0 cm³/mol.